The Labute approximate surface area is 139 Å². The molecule has 0 aliphatic rings. The summed E-state index contributed by atoms with van der Waals surface area (Å²) in [6, 6.07) is 11.7. The summed E-state index contributed by atoms with van der Waals surface area (Å²) in [4.78, 5) is 15.9. The number of carboxylic acid groups (broad SMARTS) is 1. The Balaban J connectivity index is 2.22. The van der Waals surface area contributed by atoms with Gasteiger partial charge in [0.15, 0.2) is 9.84 Å². The zero-order valence-corrected chi connectivity index (χ0v) is 14.0. The Morgan fingerprint density at radius 2 is 1.71 bits per heavy atom. The van der Waals surface area contributed by atoms with Gasteiger partial charge in [0.2, 0.25) is 0 Å². The number of benzene rings is 2. The molecule has 0 amide bonds. The maximum absolute atomic E-state index is 11.6. The zero-order valence-electron chi connectivity index (χ0n) is 13.1. The highest BCUT2D eigenvalue weighted by Gasteiger charge is 2.15. The molecule has 3 rings (SSSR count). The molecule has 0 aliphatic heterocycles. The molecular formula is C18H15NO4S. The fourth-order valence-electron chi connectivity index (χ4n) is 2.79. The van der Waals surface area contributed by atoms with E-state index in [2.05, 4.69) is 4.98 Å². The average Bonchev–Trinajstić information content (AvgIpc) is 2.54. The highest BCUT2D eigenvalue weighted by Crippen LogP contribution is 2.31. The molecule has 0 fully saturated rings. The van der Waals surface area contributed by atoms with Crippen LogP contribution in [-0.4, -0.2) is 30.7 Å². The molecule has 0 saturated carbocycles. The van der Waals surface area contributed by atoms with Crippen LogP contribution in [-0.2, 0) is 9.84 Å². The predicted octanol–water partition coefficient (Wildman–Crippen LogP) is 3.31. The Morgan fingerprint density at radius 3 is 2.29 bits per heavy atom. The fourth-order valence-corrected chi connectivity index (χ4v) is 3.42. The van der Waals surface area contributed by atoms with Crippen molar-refractivity contribution >= 4 is 26.7 Å². The minimum Gasteiger partial charge on any atom is -0.478 e. The van der Waals surface area contributed by atoms with Gasteiger partial charge < -0.3 is 5.11 Å². The number of fused-ring (bicyclic) bond motifs is 1. The maximum atomic E-state index is 11.6. The van der Waals surface area contributed by atoms with E-state index in [1.807, 2.05) is 13.0 Å². The lowest BCUT2D eigenvalue weighted by molar-refractivity contribution is 0.0699. The second-order valence-corrected chi connectivity index (χ2v) is 7.61. The summed E-state index contributed by atoms with van der Waals surface area (Å²) in [6.45, 7) is 1.84. The molecule has 24 heavy (non-hydrogen) atoms. The Hall–Kier alpha value is -2.73. The van der Waals surface area contributed by atoms with Crippen molar-refractivity contribution in [3.05, 3.63) is 59.8 Å². The monoisotopic (exact) mass is 341 g/mol. The van der Waals surface area contributed by atoms with Crippen LogP contribution < -0.4 is 0 Å². The van der Waals surface area contributed by atoms with Crippen molar-refractivity contribution in [3.8, 4) is 11.1 Å². The standard InChI is InChI=1S/C18H15NO4S/c1-11-14(12-3-5-13(6-4-12)24(2,22)23)7-8-16-17(11)15(18(20)21)9-10-19-16/h3-10H,1-2H3,(H,20,21). The lowest BCUT2D eigenvalue weighted by atomic mass is 9.95. The van der Waals surface area contributed by atoms with E-state index in [0.29, 0.717) is 10.9 Å². The normalized spacial score (nSPS) is 11.6. The van der Waals surface area contributed by atoms with Crippen LogP contribution in [0.15, 0.2) is 53.6 Å². The van der Waals surface area contributed by atoms with Crippen LogP contribution >= 0.6 is 0 Å². The molecule has 1 N–H and O–H groups in total. The van der Waals surface area contributed by atoms with Gasteiger partial charge in [-0.1, -0.05) is 18.2 Å². The fraction of sp³-hybridized carbons (Fsp3) is 0.111. The van der Waals surface area contributed by atoms with E-state index in [1.54, 1.807) is 30.3 Å². The van der Waals surface area contributed by atoms with Crippen molar-refractivity contribution < 1.29 is 18.3 Å². The predicted molar refractivity (Wildman–Crippen MR) is 92.0 cm³/mol. The molecule has 3 aromatic rings. The first kappa shape index (κ1) is 16.1. The van der Waals surface area contributed by atoms with Crippen LogP contribution in [0.1, 0.15) is 15.9 Å². The van der Waals surface area contributed by atoms with Crippen molar-refractivity contribution in [3.63, 3.8) is 0 Å². The number of sulfone groups is 1. The molecular weight excluding hydrogens is 326 g/mol. The molecule has 0 bridgehead atoms. The third-order valence-corrected chi connectivity index (χ3v) is 5.12. The number of hydrogen-bond donors (Lipinski definition) is 1. The number of rotatable bonds is 3. The Morgan fingerprint density at radius 1 is 1.04 bits per heavy atom. The summed E-state index contributed by atoms with van der Waals surface area (Å²) in [5.41, 5.74) is 3.28. The van der Waals surface area contributed by atoms with Gasteiger partial charge in [0.1, 0.15) is 0 Å². The number of aryl methyl sites for hydroxylation is 1. The largest absolute Gasteiger partial charge is 0.478 e. The number of hydrogen-bond acceptors (Lipinski definition) is 4. The van der Waals surface area contributed by atoms with Gasteiger partial charge in [-0.3, -0.25) is 4.98 Å². The van der Waals surface area contributed by atoms with E-state index >= 15 is 0 Å². The highest BCUT2D eigenvalue weighted by atomic mass is 32.2. The molecule has 122 valence electrons. The van der Waals surface area contributed by atoms with E-state index in [-0.39, 0.29) is 10.5 Å². The quantitative estimate of drug-likeness (QED) is 0.790. The lowest BCUT2D eigenvalue weighted by Crippen LogP contribution is -2.01. The Bertz CT molecular complexity index is 1050. The van der Waals surface area contributed by atoms with Gasteiger partial charge in [-0.25, -0.2) is 13.2 Å². The van der Waals surface area contributed by atoms with E-state index < -0.39 is 15.8 Å². The van der Waals surface area contributed by atoms with E-state index in [0.717, 1.165) is 22.9 Å². The van der Waals surface area contributed by atoms with Crippen LogP contribution in [0.4, 0.5) is 0 Å². The molecule has 0 unspecified atom stereocenters. The summed E-state index contributed by atoms with van der Waals surface area (Å²) in [7, 11) is -3.25. The van der Waals surface area contributed by atoms with Crippen molar-refractivity contribution in [2.75, 3.05) is 6.26 Å². The SMILES string of the molecule is Cc1c(-c2ccc(S(C)(=O)=O)cc2)ccc2nccc(C(=O)O)c12. The molecule has 1 aromatic heterocycles. The van der Waals surface area contributed by atoms with E-state index in [1.165, 1.54) is 12.3 Å². The van der Waals surface area contributed by atoms with Crippen molar-refractivity contribution in [2.24, 2.45) is 0 Å². The molecule has 0 saturated heterocycles. The molecule has 6 heteroatoms. The smallest absolute Gasteiger partial charge is 0.336 e. The van der Waals surface area contributed by atoms with Crippen molar-refractivity contribution in [1.82, 2.24) is 4.98 Å². The number of carbonyl (C=O) groups is 1. The Kier molecular flexibility index (Phi) is 3.85. The highest BCUT2D eigenvalue weighted by molar-refractivity contribution is 7.90. The molecule has 1 heterocycles. The van der Waals surface area contributed by atoms with Gasteiger partial charge in [0.25, 0.3) is 0 Å². The third-order valence-electron chi connectivity index (χ3n) is 3.99. The lowest BCUT2D eigenvalue weighted by Gasteiger charge is -2.11. The number of pyridine rings is 1. The summed E-state index contributed by atoms with van der Waals surface area (Å²) < 4.78 is 23.1. The number of aromatic nitrogens is 1. The maximum Gasteiger partial charge on any atom is 0.336 e. The van der Waals surface area contributed by atoms with Gasteiger partial charge in [-0.2, -0.15) is 0 Å². The van der Waals surface area contributed by atoms with Gasteiger partial charge >= 0.3 is 5.97 Å². The first-order valence-corrected chi connectivity index (χ1v) is 9.10. The second-order valence-electron chi connectivity index (χ2n) is 5.59. The summed E-state index contributed by atoms with van der Waals surface area (Å²) in [5, 5.41) is 9.99. The second kappa shape index (κ2) is 5.72. The van der Waals surface area contributed by atoms with Gasteiger partial charge in [-0.05, 0) is 47.9 Å². The van der Waals surface area contributed by atoms with Crippen LogP contribution in [0.2, 0.25) is 0 Å². The minimum absolute atomic E-state index is 0.201. The average molecular weight is 341 g/mol. The summed E-state index contributed by atoms with van der Waals surface area (Å²) in [5.74, 6) is -1.00. The molecule has 2 aromatic carbocycles. The van der Waals surface area contributed by atoms with Crippen LogP contribution in [0, 0.1) is 6.92 Å². The van der Waals surface area contributed by atoms with Crippen LogP contribution in [0.3, 0.4) is 0 Å². The number of carboxylic acids is 1. The zero-order chi connectivity index (χ0) is 17.5. The van der Waals surface area contributed by atoms with Gasteiger partial charge in [0.05, 0.1) is 16.0 Å². The molecule has 0 spiro atoms. The third kappa shape index (κ3) is 2.76. The first-order valence-electron chi connectivity index (χ1n) is 7.21. The van der Waals surface area contributed by atoms with E-state index in [9.17, 15) is 18.3 Å². The van der Waals surface area contributed by atoms with Crippen molar-refractivity contribution in [2.45, 2.75) is 11.8 Å². The molecule has 0 atom stereocenters. The molecule has 0 radical (unpaired) electrons. The van der Waals surface area contributed by atoms with Gasteiger partial charge in [0, 0.05) is 17.8 Å². The summed E-state index contributed by atoms with van der Waals surface area (Å²) in [6.07, 6.45) is 2.64. The van der Waals surface area contributed by atoms with Crippen LogP contribution in [0.25, 0.3) is 22.0 Å². The van der Waals surface area contributed by atoms with Crippen LogP contribution in [0.5, 0.6) is 0 Å². The minimum atomic E-state index is -3.25. The molecule has 5 nitrogen and oxygen atoms in total. The number of aromatic carboxylic acids is 1. The number of nitrogens with zero attached hydrogens (tertiary/aromatic N) is 1. The summed E-state index contributed by atoms with van der Waals surface area (Å²) >= 11 is 0. The van der Waals surface area contributed by atoms with Crippen molar-refractivity contribution in [1.29, 1.82) is 0 Å². The van der Waals surface area contributed by atoms with Gasteiger partial charge in [-0.15, -0.1) is 0 Å². The molecule has 0 aliphatic carbocycles. The first-order chi connectivity index (χ1) is 11.3. The van der Waals surface area contributed by atoms with E-state index in [4.69, 9.17) is 0 Å². The topological polar surface area (TPSA) is 84.3 Å².